The van der Waals surface area contributed by atoms with Gasteiger partial charge in [0, 0.05) is 12.2 Å². The van der Waals surface area contributed by atoms with Crippen molar-refractivity contribution in [3.8, 4) is 0 Å². The molecule has 9 heteroatoms. The monoisotopic (exact) mass is 312 g/mol. The summed E-state index contributed by atoms with van der Waals surface area (Å²) in [6.07, 6.45) is 0. The zero-order valence-electron chi connectivity index (χ0n) is 8.98. The minimum Gasteiger partial charge on any atom is -0.337 e. The Labute approximate surface area is 114 Å². The smallest absolute Gasteiger partial charge is 0.319 e. The minimum absolute atomic E-state index is 0.202. The second-order valence-electron chi connectivity index (χ2n) is 3.30. The van der Waals surface area contributed by atoms with Crippen molar-refractivity contribution < 1.29 is 17.8 Å². The Morgan fingerprint density at radius 1 is 1.28 bits per heavy atom. The Hall–Kier alpha value is -1.02. The molecule has 0 bridgehead atoms. The standard InChI is InChI=1S/C9H10Cl2N2O4S/c10-7-2-1-6(5-8(7)11)13-9(14)12-3-4-18(15,16)17/h1-2,5H,3-4H2,(H2,12,13,14)(H,15,16,17). The molecule has 2 amide bonds. The molecule has 0 radical (unpaired) electrons. The third kappa shape index (κ3) is 5.54. The van der Waals surface area contributed by atoms with Gasteiger partial charge in [-0.2, -0.15) is 8.42 Å². The highest BCUT2D eigenvalue weighted by Crippen LogP contribution is 2.24. The molecule has 0 aliphatic carbocycles. The van der Waals surface area contributed by atoms with Gasteiger partial charge in [-0.3, -0.25) is 4.55 Å². The Balaban J connectivity index is 2.47. The van der Waals surface area contributed by atoms with Crippen LogP contribution in [0, 0.1) is 0 Å². The molecule has 0 aromatic heterocycles. The van der Waals surface area contributed by atoms with Crippen molar-refractivity contribution in [2.24, 2.45) is 0 Å². The van der Waals surface area contributed by atoms with Crippen molar-refractivity contribution in [2.45, 2.75) is 0 Å². The van der Waals surface area contributed by atoms with Gasteiger partial charge in [0.2, 0.25) is 0 Å². The predicted octanol–water partition coefficient (Wildman–Crippen LogP) is 2.00. The number of nitrogens with one attached hydrogen (secondary N) is 2. The first-order chi connectivity index (χ1) is 8.28. The summed E-state index contributed by atoms with van der Waals surface area (Å²) in [7, 11) is -4.09. The normalized spacial score (nSPS) is 11.1. The topological polar surface area (TPSA) is 95.5 Å². The van der Waals surface area contributed by atoms with Gasteiger partial charge in [0.1, 0.15) is 0 Å². The molecule has 3 N–H and O–H groups in total. The van der Waals surface area contributed by atoms with E-state index >= 15 is 0 Å². The van der Waals surface area contributed by atoms with Gasteiger partial charge in [0.05, 0.1) is 15.8 Å². The average Bonchev–Trinajstić information content (AvgIpc) is 2.21. The van der Waals surface area contributed by atoms with E-state index in [1.54, 1.807) is 0 Å². The van der Waals surface area contributed by atoms with Crippen LogP contribution in [0.5, 0.6) is 0 Å². The molecule has 1 rings (SSSR count). The lowest BCUT2D eigenvalue weighted by Gasteiger charge is -2.07. The summed E-state index contributed by atoms with van der Waals surface area (Å²) in [6, 6.07) is 3.89. The van der Waals surface area contributed by atoms with Crippen LogP contribution in [0.2, 0.25) is 10.0 Å². The third-order valence-electron chi connectivity index (χ3n) is 1.82. The molecule has 0 heterocycles. The van der Waals surface area contributed by atoms with E-state index in [9.17, 15) is 13.2 Å². The average molecular weight is 313 g/mol. The van der Waals surface area contributed by atoms with Crippen LogP contribution in [0.15, 0.2) is 18.2 Å². The number of urea groups is 1. The summed E-state index contributed by atoms with van der Waals surface area (Å²) in [4.78, 5) is 11.3. The Bertz CT molecular complexity index is 547. The first-order valence-electron chi connectivity index (χ1n) is 4.73. The third-order valence-corrected chi connectivity index (χ3v) is 3.28. The number of hydrogen-bond acceptors (Lipinski definition) is 3. The zero-order valence-corrected chi connectivity index (χ0v) is 11.3. The van der Waals surface area contributed by atoms with E-state index in [0.717, 1.165) is 0 Å². The number of carbonyl (C=O) groups excluding carboxylic acids is 1. The van der Waals surface area contributed by atoms with Crippen LogP contribution in [-0.4, -0.2) is 31.3 Å². The van der Waals surface area contributed by atoms with E-state index in [0.29, 0.717) is 10.7 Å². The molecule has 100 valence electrons. The number of hydrogen-bond donors (Lipinski definition) is 3. The predicted molar refractivity (Wildman–Crippen MR) is 69.9 cm³/mol. The molecule has 1 aromatic carbocycles. The van der Waals surface area contributed by atoms with E-state index in [4.69, 9.17) is 27.8 Å². The van der Waals surface area contributed by atoms with Crippen molar-refractivity contribution in [3.05, 3.63) is 28.2 Å². The molecule has 0 unspecified atom stereocenters. The maximum absolute atomic E-state index is 11.3. The maximum atomic E-state index is 11.3. The highest BCUT2D eigenvalue weighted by molar-refractivity contribution is 7.85. The fraction of sp³-hybridized carbons (Fsp3) is 0.222. The molecule has 0 spiro atoms. The molecular weight excluding hydrogens is 303 g/mol. The first kappa shape index (κ1) is 15.0. The van der Waals surface area contributed by atoms with Crippen molar-refractivity contribution in [1.29, 1.82) is 0 Å². The number of carbonyl (C=O) groups is 1. The van der Waals surface area contributed by atoms with Gasteiger partial charge in [0.15, 0.2) is 0 Å². The summed E-state index contributed by atoms with van der Waals surface area (Å²) < 4.78 is 29.3. The molecule has 0 aliphatic rings. The van der Waals surface area contributed by atoms with Crippen molar-refractivity contribution in [2.75, 3.05) is 17.6 Å². The second-order valence-corrected chi connectivity index (χ2v) is 5.68. The van der Waals surface area contributed by atoms with Crippen LogP contribution in [0.25, 0.3) is 0 Å². The molecule has 0 saturated heterocycles. The van der Waals surface area contributed by atoms with Gasteiger partial charge in [-0.25, -0.2) is 4.79 Å². The van der Waals surface area contributed by atoms with E-state index in [-0.39, 0.29) is 11.6 Å². The van der Waals surface area contributed by atoms with Gasteiger partial charge in [-0.1, -0.05) is 23.2 Å². The van der Waals surface area contributed by atoms with Gasteiger partial charge in [-0.15, -0.1) is 0 Å². The highest BCUT2D eigenvalue weighted by atomic mass is 35.5. The minimum atomic E-state index is -4.09. The van der Waals surface area contributed by atoms with E-state index in [1.807, 2.05) is 0 Å². The van der Waals surface area contributed by atoms with Crippen LogP contribution in [0.3, 0.4) is 0 Å². The lowest BCUT2D eigenvalue weighted by atomic mass is 10.3. The van der Waals surface area contributed by atoms with E-state index in [1.165, 1.54) is 18.2 Å². The molecule has 0 aliphatic heterocycles. The van der Waals surface area contributed by atoms with Gasteiger partial charge in [-0.05, 0) is 18.2 Å². The molecule has 0 fully saturated rings. The second kappa shape index (κ2) is 6.24. The largest absolute Gasteiger partial charge is 0.337 e. The summed E-state index contributed by atoms with van der Waals surface area (Å²) in [5, 5.41) is 5.32. The Morgan fingerprint density at radius 3 is 2.50 bits per heavy atom. The molecule has 0 atom stereocenters. The summed E-state index contributed by atoms with van der Waals surface area (Å²) in [5.74, 6) is -0.554. The van der Waals surface area contributed by atoms with Crippen LogP contribution >= 0.6 is 23.2 Å². The van der Waals surface area contributed by atoms with Crippen LogP contribution < -0.4 is 10.6 Å². The summed E-state index contributed by atoms with van der Waals surface area (Å²) in [5.41, 5.74) is 0.411. The van der Waals surface area contributed by atoms with Crippen LogP contribution in [-0.2, 0) is 10.1 Å². The van der Waals surface area contributed by atoms with E-state index in [2.05, 4.69) is 10.6 Å². The molecule has 18 heavy (non-hydrogen) atoms. The van der Waals surface area contributed by atoms with Crippen LogP contribution in [0.4, 0.5) is 10.5 Å². The SMILES string of the molecule is O=C(NCCS(=O)(=O)O)Nc1ccc(Cl)c(Cl)c1. The molecule has 6 nitrogen and oxygen atoms in total. The lowest BCUT2D eigenvalue weighted by Crippen LogP contribution is -2.32. The highest BCUT2D eigenvalue weighted by Gasteiger charge is 2.07. The number of halogens is 2. The number of rotatable bonds is 4. The van der Waals surface area contributed by atoms with Gasteiger partial charge >= 0.3 is 6.03 Å². The van der Waals surface area contributed by atoms with Crippen molar-refractivity contribution in [1.82, 2.24) is 5.32 Å². The number of benzene rings is 1. The number of amides is 2. The summed E-state index contributed by atoms with van der Waals surface area (Å²) >= 11 is 11.4. The summed E-state index contributed by atoms with van der Waals surface area (Å²) in [6.45, 7) is -0.202. The van der Waals surface area contributed by atoms with Crippen LogP contribution in [0.1, 0.15) is 0 Å². The number of anilines is 1. The maximum Gasteiger partial charge on any atom is 0.319 e. The quantitative estimate of drug-likeness (QED) is 0.741. The molecule has 0 saturated carbocycles. The van der Waals surface area contributed by atoms with Crippen molar-refractivity contribution >= 4 is 45.0 Å². The molecular formula is C9H10Cl2N2O4S. The van der Waals surface area contributed by atoms with E-state index < -0.39 is 21.9 Å². The Kier molecular flexibility index (Phi) is 5.21. The zero-order chi connectivity index (χ0) is 13.8. The lowest BCUT2D eigenvalue weighted by molar-refractivity contribution is 0.252. The fourth-order valence-corrected chi connectivity index (χ4v) is 1.70. The van der Waals surface area contributed by atoms with Gasteiger partial charge in [0.25, 0.3) is 10.1 Å². The Morgan fingerprint density at radius 2 is 1.94 bits per heavy atom. The van der Waals surface area contributed by atoms with Crippen molar-refractivity contribution in [3.63, 3.8) is 0 Å². The molecule has 1 aromatic rings. The van der Waals surface area contributed by atoms with Gasteiger partial charge < -0.3 is 10.6 Å². The first-order valence-corrected chi connectivity index (χ1v) is 7.09. The fourth-order valence-electron chi connectivity index (χ4n) is 1.04.